The molecule has 0 N–H and O–H groups in total. The van der Waals surface area contributed by atoms with Crippen molar-refractivity contribution in [2.75, 3.05) is 0 Å². The molecule has 1 aromatic rings. The molecule has 6 heteroatoms. The Morgan fingerprint density at radius 3 is 2.69 bits per heavy atom. The van der Waals surface area contributed by atoms with Crippen LogP contribution in [0.15, 0.2) is 22.7 Å². The van der Waals surface area contributed by atoms with E-state index >= 15 is 0 Å². The first-order chi connectivity index (χ1) is 6.09. The monoisotopic (exact) mass is 267 g/mol. The van der Waals surface area contributed by atoms with Crippen molar-refractivity contribution in [3.8, 4) is 0 Å². The van der Waals surface area contributed by atoms with Crippen LogP contribution in [0.4, 0.5) is 4.39 Å². The van der Waals surface area contributed by atoms with Gasteiger partial charge in [0.2, 0.25) is 0 Å². The first kappa shape index (κ1) is 10.6. The Bertz CT molecular complexity index is 370. The lowest BCUT2D eigenvalue weighted by Gasteiger charge is -1.98. The molecule has 0 heterocycles. The lowest BCUT2D eigenvalue weighted by Crippen LogP contribution is -1.88. The molecule has 71 valence electrons. The van der Waals surface area contributed by atoms with Crippen molar-refractivity contribution in [3.05, 3.63) is 40.7 Å². The predicted octanol–water partition coefficient (Wildman–Crippen LogP) is 1.64. The summed E-state index contributed by atoms with van der Waals surface area (Å²) in [6.45, 7) is 1.02. The molecule has 1 aromatic carbocycles. The van der Waals surface area contributed by atoms with E-state index in [4.69, 9.17) is 0 Å². The zero-order valence-corrected chi connectivity index (χ0v) is 8.72. The average Bonchev–Trinajstić information content (AvgIpc) is 2.07. The summed E-state index contributed by atoms with van der Waals surface area (Å²) in [4.78, 5) is 0. The van der Waals surface area contributed by atoms with Gasteiger partial charge < -0.3 is 0 Å². The zero-order chi connectivity index (χ0) is 9.84. The minimum atomic E-state index is -2.91. The van der Waals surface area contributed by atoms with E-state index in [9.17, 15) is 12.8 Å². The van der Waals surface area contributed by atoms with Crippen LogP contribution in [0.1, 0.15) is 5.56 Å². The van der Waals surface area contributed by atoms with Gasteiger partial charge in [-0.1, -0.05) is 6.07 Å². The third-order valence-corrected chi connectivity index (χ3v) is 2.10. The maximum atomic E-state index is 12.7. The molecule has 0 amide bonds. The fourth-order valence-corrected chi connectivity index (χ4v) is 1.29. The Hall–Kier alpha value is -0.460. The van der Waals surface area contributed by atoms with E-state index in [1.54, 1.807) is 0 Å². The van der Waals surface area contributed by atoms with Crippen molar-refractivity contribution in [2.45, 2.75) is 0 Å². The molecule has 13 heavy (non-hydrogen) atoms. The van der Waals surface area contributed by atoms with E-state index in [1.165, 1.54) is 18.2 Å². The largest absolute Gasteiger partial charge is 0.261 e. The summed E-state index contributed by atoms with van der Waals surface area (Å²) in [6, 6.07) is 4.02. The molecule has 1 rings (SSSR count). The second-order valence-corrected chi connectivity index (χ2v) is 3.63. The standard InChI is InChI=1S/C7H5BrFO3S/c8-6-3-5(1-2-7(6)9)4-12-13(10)11/h1-4,13H. The highest BCUT2D eigenvalue weighted by atomic mass is 79.9. The zero-order valence-electron chi connectivity index (χ0n) is 6.24. The van der Waals surface area contributed by atoms with E-state index in [0.29, 0.717) is 5.56 Å². The molecule has 0 saturated heterocycles. The van der Waals surface area contributed by atoms with E-state index in [0.717, 1.165) is 6.61 Å². The minimum Gasteiger partial charge on any atom is -0.261 e. The lowest BCUT2D eigenvalue weighted by molar-refractivity contribution is 0.429. The summed E-state index contributed by atoms with van der Waals surface area (Å²) in [5.74, 6) is -0.413. The Kier molecular flexibility index (Phi) is 3.83. The second kappa shape index (κ2) is 4.69. The second-order valence-electron chi connectivity index (χ2n) is 2.12. The maximum absolute atomic E-state index is 12.7. The molecule has 0 fully saturated rings. The van der Waals surface area contributed by atoms with Crippen molar-refractivity contribution < 1.29 is 17.0 Å². The number of hydrogen-bond acceptors (Lipinski definition) is 3. The number of rotatable bonds is 3. The molecule has 0 aliphatic carbocycles. The fourth-order valence-electron chi connectivity index (χ4n) is 0.690. The van der Waals surface area contributed by atoms with Gasteiger partial charge in [0, 0.05) is 0 Å². The highest BCUT2D eigenvalue weighted by molar-refractivity contribution is 9.10. The van der Waals surface area contributed by atoms with Gasteiger partial charge in [0.15, 0.2) is 0 Å². The summed E-state index contributed by atoms with van der Waals surface area (Å²) in [7, 11) is -2.91. The van der Waals surface area contributed by atoms with Crippen LogP contribution in [-0.4, -0.2) is 8.42 Å². The van der Waals surface area contributed by atoms with Crippen LogP contribution in [0.25, 0.3) is 0 Å². The van der Waals surface area contributed by atoms with E-state index < -0.39 is 16.8 Å². The average molecular weight is 268 g/mol. The van der Waals surface area contributed by atoms with Gasteiger partial charge in [-0.3, -0.25) is 4.18 Å². The molecule has 0 spiro atoms. The number of halogens is 2. The van der Waals surface area contributed by atoms with Crippen molar-refractivity contribution >= 4 is 26.9 Å². The van der Waals surface area contributed by atoms with Gasteiger partial charge in [-0.05, 0) is 33.6 Å². The third kappa shape index (κ3) is 3.41. The molecule has 0 saturated carbocycles. The van der Waals surface area contributed by atoms with Crippen molar-refractivity contribution in [1.82, 2.24) is 0 Å². The number of benzene rings is 1. The Morgan fingerprint density at radius 1 is 1.46 bits per heavy atom. The Morgan fingerprint density at radius 2 is 2.15 bits per heavy atom. The minimum absolute atomic E-state index is 0.256. The van der Waals surface area contributed by atoms with Gasteiger partial charge in [-0.15, -0.1) is 0 Å². The molecule has 0 unspecified atom stereocenters. The molecular formula is C7H5BrFO3S. The molecule has 3 nitrogen and oxygen atoms in total. The quantitative estimate of drug-likeness (QED) is 0.847. The molecular weight excluding hydrogens is 263 g/mol. The Labute approximate surface area is 84.8 Å². The molecule has 0 aliphatic rings. The van der Waals surface area contributed by atoms with Crippen LogP contribution in [0.5, 0.6) is 0 Å². The van der Waals surface area contributed by atoms with Gasteiger partial charge in [0.05, 0.1) is 4.47 Å². The van der Waals surface area contributed by atoms with Crippen LogP contribution >= 0.6 is 15.9 Å². The predicted molar refractivity (Wildman–Crippen MR) is 48.9 cm³/mol. The third-order valence-electron chi connectivity index (χ3n) is 1.22. The summed E-state index contributed by atoms with van der Waals surface area (Å²) >= 11 is 2.95. The van der Waals surface area contributed by atoms with Crippen molar-refractivity contribution in [1.29, 1.82) is 0 Å². The molecule has 0 aromatic heterocycles. The first-order valence-electron chi connectivity index (χ1n) is 3.19. The van der Waals surface area contributed by atoms with Crippen LogP contribution < -0.4 is 0 Å². The topological polar surface area (TPSA) is 43.4 Å². The SMILES string of the molecule is O=[SH](=O)O[CH]c1ccc(F)c(Br)c1. The summed E-state index contributed by atoms with van der Waals surface area (Å²) < 4.78 is 37.2. The highest BCUT2D eigenvalue weighted by Gasteiger charge is 2.01. The molecule has 0 atom stereocenters. The van der Waals surface area contributed by atoms with Gasteiger partial charge in [-0.25, -0.2) is 12.8 Å². The number of thiol groups is 1. The smallest absolute Gasteiger partial charge is 0.257 e. The Balaban J connectivity index is 2.74. The number of hydrogen-bond donors (Lipinski definition) is 1. The van der Waals surface area contributed by atoms with Gasteiger partial charge >= 0.3 is 0 Å². The molecule has 0 bridgehead atoms. The van der Waals surface area contributed by atoms with E-state index in [1.807, 2.05) is 0 Å². The van der Waals surface area contributed by atoms with Crippen molar-refractivity contribution in [2.24, 2.45) is 0 Å². The lowest BCUT2D eigenvalue weighted by atomic mass is 10.2. The molecule has 1 radical (unpaired) electrons. The van der Waals surface area contributed by atoms with Crippen LogP contribution in [0, 0.1) is 12.4 Å². The maximum Gasteiger partial charge on any atom is 0.257 e. The molecule has 0 aliphatic heterocycles. The summed E-state index contributed by atoms with van der Waals surface area (Å²) in [5.41, 5.74) is 0.465. The van der Waals surface area contributed by atoms with Gasteiger partial charge in [0.1, 0.15) is 12.4 Å². The summed E-state index contributed by atoms with van der Waals surface area (Å²) in [5, 5.41) is 0. The first-order valence-corrected chi connectivity index (χ1v) is 5.08. The van der Waals surface area contributed by atoms with Crippen LogP contribution in [0.3, 0.4) is 0 Å². The van der Waals surface area contributed by atoms with E-state index in [-0.39, 0.29) is 4.47 Å². The van der Waals surface area contributed by atoms with Gasteiger partial charge in [0.25, 0.3) is 11.0 Å². The van der Waals surface area contributed by atoms with Crippen LogP contribution in [-0.2, 0) is 15.2 Å². The normalized spacial score (nSPS) is 10.7. The highest BCUT2D eigenvalue weighted by Crippen LogP contribution is 2.17. The summed E-state index contributed by atoms with van der Waals surface area (Å²) in [6.07, 6.45) is 0. The van der Waals surface area contributed by atoms with Crippen molar-refractivity contribution in [3.63, 3.8) is 0 Å². The van der Waals surface area contributed by atoms with E-state index in [2.05, 4.69) is 20.1 Å². The fraction of sp³-hybridized carbons (Fsp3) is 0. The van der Waals surface area contributed by atoms with Crippen LogP contribution in [0.2, 0.25) is 0 Å². The van der Waals surface area contributed by atoms with Gasteiger partial charge in [-0.2, -0.15) is 0 Å².